The van der Waals surface area contributed by atoms with E-state index in [9.17, 15) is 0 Å². The molecule has 1 atom stereocenters. The van der Waals surface area contributed by atoms with E-state index >= 15 is 0 Å². The molecule has 1 heterocycles. The van der Waals surface area contributed by atoms with E-state index in [0.717, 1.165) is 28.0 Å². The standard InChI is InChI=1S/C10H9BrClNO/c11-6-9-5-10(13-14-9)7-2-1-3-8(12)4-7/h1-4,9H,5-6H2/t9-/m1/s1. The molecule has 0 fully saturated rings. The van der Waals surface area contributed by atoms with Gasteiger partial charge in [0, 0.05) is 22.3 Å². The molecule has 1 aliphatic rings. The van der Waals surface area contributed by atoms with Gasteiger partial charge < -0.3 is 4.84 Å². The van der Waals surface area contributed by atoms with Crippen LogP contribution in [0.15, 0.2) is 29.4 Å². The normalized spacial score (nSPS) is 20.4. The zero-order valence-electron chi connectivity index (χ0n) is 7.41. The molecular formula is C10H9BrClNO. The molecule has 4 heteroatoms. The van der Waals surface area contributed by atoms with Crippen molar-refractivity contribution in [3.63, 3.8) is 0 Å². The number of nitrogens with zero attached hydrogens (tertiary/aromatic N) is 1. The second kappa shape index (κ2) is 4.32. The lowest BCUT2D eigenvalue weighted by Gasteiger charge is -2.01. The monoisotopic (exact) mass is 273 g/mol. The Morgan fingerprint density at radius 1 is 1.57 bits per heavy atom. The van der Waals surface area contributed by atoms with Crippen molar-refractivity contribution >= 4 is 33.2 Å². The van der Waals surface area contributed by atoms with Crippen LogP contribution in [0.3, 0.4) is 0 Å². The van der Waals surface area contributed by atoms with Gasteiger partial charge in [-0.05, 0) is 12.1 Å². The topological polar surface area (TPSA) is 21.6 Å². The van der Waals surface area contributed by atoms with E-state index in [1.54, 1.807) is 0 Å². The van der Waals surface area contributed by atoms with E-state index < -0.39 is 0 Å². The molecule has 0 saturated carbocycles. The Bertz CT molecular complexity index is 367. The van der Waals surface area contributed by atoms with Crippen LogP contribution < -0.4 is 0 Å². The predicted octanol–water partition coefficient (Wildman–Crippen LogP) is 3.23. The van der Waals surface area contributed by atoms with Crippen LogP contribution in [-0.4, -0.2) is 17.1 Å². The summed E-state index contributed by atoms with van der Waals surface area (Å²) in [6.45, 7) is 0. The van der Waals surface area contributed by atoms with Crippen LogP contribution in [0.4, 0.5) is 0 Å². The third kappa shape index (κ3) is 2.10. The third-order valence-corrected chi connectivity index (χ3v) is 3.02. The van der Waals surface area contributed by atoms with Crippen LogP contribution in [0.25, 0.3) is 0 Å². The molecule has 74 valence electrons. The summed E-state index contributed by atoms with van der Waals surface area (Å²) in [7, 11) is 0. The van der Waals surface area contributed by atoms with Gasteiger partial charge in [-0.2, -0.15) is 0 Å². The van der Waals surface area contributed by atoms with Crippen molar-refractivity contribution in [2.75, 3.05) is 5.33 Å². The Balaban J connectivity index is 2.17. The molecule has 0 aliphatic carbocycles. The molecule has 0 spiro atoms. The molecule has 2 nitrogen and oxygen atoms in total. The predicted molar refractivity (Wildman–Crippen MR) is 61.3 cm³/mol. The minimum Gasteiger partial charge on any atom is -0.391 e. The minimum absolute atomic E-state index is 0.156. The molecule has 0 saturated heterocycles. The maximum atomic E-state index is 5.89. The van der Waals surface area contributed by atoms with Crippen molar-refractivity contribution in [1.29, 1.82) is 0 Å². The molecule has 0 aromatic heterocycles. The molecular weight excluding hydrogens is 265 g/mol. The number of hydrogen-bond donors (Lipinski definition) is 0. The van der Waals surface area contributed by atoms with Crippen molar-refractivity contribution in [2.45, 2.75) is 12.5 Å². The summed E-state index contributed by atoms with van der Waals surface area (Å²) in [5, 5.41) is 5.56. The number of halogens is 2. The molecule has 0 bridgehead atoms. The molecule has 0 N–H and O–H groups in total. The Hall–Kier alpha value is -0.540. The fraction of sp³-hybridized carbons (Fsp3) is 0.300. The van der Waals surface area contributed by atoms with Crippen LogP contribution in [-0.2, 0) is 4.84 Å². The summed E-state index contributed by atoms with van der Waals surface area (Å²) in [5.41, 5.74) is 2.01. The van der Waals surface area contributed by atoms with Gasteiger partial charge >= 0.3 is 0 Å². The van der Waals surface area contributed by atoms with E-state index in [4.69, 9.17) is 16.4 Å². The largest absolute Gasteiger partial charge is 0.391 e. The summed E-state index contributed by atoms with van der Waals surface area (Å²) in [6, 6.07) is 7.66. The van der Waals surface area contributed by atoms with Gasteiger partial charge in [-0.3, -0.25) is 0 Å². The second-order valence-electron chi connectivity index (χ2n) is 3.13. The average Bonchev–Trinajstić information content (AvgIpc) is 2.66. The first-order valence-corrected chi connectivity index (χ1v) is 5.84. The van der Waals surface area contributed by atoms with Gasteiger partial charge in [-0.15, -0.1) is 0 Å². The molecule has 0 radical (unpaired) electrons. The lowest BCUT2D eigenvalue weighted by molar-refractivity contribution is 0.104. The summed E-state index contributed by atoms with van der Waals surface area (Å²) < 4.78 is 0. The second-order valence-corrected chi connectivity index (χ2v) is 4.22. The van der Waals surface area contributed by atoms with E-state index in [1.807, 2.05) is 24.3 Å². The van der Waals surface area contributed by atoms with Crippen LogP contribution in [0.1, 0.15) is 12.0 Å². The summed E-state index contributed by atoms with van der Waals surface area (Å²) in [4.78, 5) is 5.21. The van der Waals surface area contributed by atoms with Crippen molar-refractivity contribution < 1.29 is 4.84 Å². The van der Waals surface area contributed by atoms with E-state index in [0.29, 0.717) is 0 Å². The van der Waals surface area contributed by atoms with Crippen molar-refractivity contribution in [1.82, 2.24) is 0 Å². The Morgan fingerprint density at radius 3 is 3.07 bits per heavy atom. The van der Waals surface area contributed by atoms with Crippen molar-refractivity contribution in [3.8, 4) is 0 Å². The molecule has 1 aliphatic heterocycles. The zero-order chi connectivity index (χ0) is 9.97. The first-order valence-electron chi connectivity index (χ1n) is 4.34. The lowest BCUT2D eigenvalue weighted by Crippen LogP contribution is -2.09. The first kappa shape index (κ1) is 9.99. The van der Waals surface area contributed by atoms with Crippen LogP contribution >= 0.6 is 27.5 Å². The third-order valence-electron chi connectivity index (χ3n) is 2.06. The molecule has 2 rings (SSSR count). The fourth-order valence-electron chi connectivity index (χ4n) is 1.35. The number of oxime groups is 1. The Morgan fingerprint density at radius 2 is 2.43 bits per heavy atom. The van der Waals surface area contributed by atoms with Gasteiger partial charge in [-0.1, -0.05) is 44.8 Å². The summed E-state index contributed by atoms with van der Waals surface area (Å²) in [5.74, 6) is 0. The minimum atomic E-state index is 0.156. The highest BCUT2D eigenvalue weighted by Crippen LogP contribution is 2.20. The van der Waals surface area contributed by atoms with Gasteiger partial charge in [-0.25, -0.2) is 0 Å². The summed E-state index contributed by atoms with van der Waals surface area (Å²) >= 11 is 9.25. The smallest absolute Gasteiger partial charge is 0.142 e. The summed E-state index contributed by atoms with van der Waals surface area (Å²) in [6.07, 6.45) is 0.995. The van der Waals surface area contributed by atoms with E-state index in [-0.39, 0.29) is 6.10 Å². The van der Waals surface area contributed by atoms with Gasteiger partial charge in [0.05, 0.1) is 5.71 Å². The Labute approximate surface area is 96.0 Å². The molecule has 1 aromatic carbocycles. The van der Waals surface area contributed by atoms with Crippen molar-refractivity contribution in [3.05, 3.63) is 34.9 Å². The fourth-order valence-corrected chi connectivity index (χ4v) is 1.89. The highest BCUT2D eigenvalue weighted by Gasteiger charge is 2.20. The highest BCUT2D eigenvalue weighted by atomic mass is 79.9. The Kier molecular flexibility index (Phi) is 3.08. The molecule has 0 amide bonds. The maximum Gasteiger partial charge on any atom is 0.142 e. The van der Waals surface area contributed by atoms with Gasteiger partial charge in [0.2, 0.25) is 0 Å². The van der Waals surface area contributed by atoms with E-state index in [2.05, 4.69) is 21.1 Å². The number of benzene rings is 1. The van der Waals surface area contributed by atoms with Crippen molar-refractivity contribution in [2.24, 2.45) is 5.16 Å². The molecule has 0 unspecified atom stereocenters. The SMILES string of the molecule is Clc1cccc(C2=NO[C@@H](CBr)C2)c1. The number of hydrogen-bond acceptors (Lipinski definition) is 2. The lowest BCUT2D eigenvalue weighted by atomic mass is 10.1. The molecule has 14 heavy (non-hydrogen) atoms. The number of rotatable bonds is 2. The van der Waals surface area contributed by atoms with E-state index in [1.165, 1.54) is 0 Å². The van der Waals surface area contributed by atoms with Crippen LogP contribution in [0.5, 0.6) is 0 Å². The van der Waals surface area contributed by atoms with Gasteiger partial charge in [0.25, 0.3) is 0 Å². The maximum absolute atomic E-state index is 5.89. The first-order chi connectivity index (χ1) is 6.79. The van der Waals surface area contributed by atoms with Gasteiger partial charge in [0.15, 0.2) is 0 Å². The quantitative estimate of drug-likeness (QED) is 0.759. The van der Waals surface area contributed by atoms with Crippen LogP contribution in [0.2, 0.25) is 5.02 Å². The average molecular weight is 275 g/mol. The number of alkyl halides is 1. The zero-order valence-corrected chi connectivity index (χ0v) is 9.75. The van der Waals surface area contributed by atoms with Crippen LogP contribution in [0, 0.1) is 0 Å². The molecule has 1 aromatic rings. The highest BCUT2D eigenvalue weighted by molar-refractivity contribution is 9.09. The van der Waals surface area contributed by atoms with Gasteiger partial charge in [0.1, 0.15) is 6.10 Å².